The van der Waals surface area contributed by atoms with Crippen molar-refractivity contribution in [2.24, 2.45) is 0 Å². The minimum Gasteiger partial charge on any atom is -0.368 e. The summed E-state index contributed by atoms with van der Waals surface area (Å²) in [5, 5.41) is 4.69. The highest BCUT2D eigenvalue weighted by Crippen LogP contribution is 2.01. The first-order valence-electron chi connectivity index (χ1n) is 2.65. The summed E-state index contributed by atoms with van der Waals surface area (Å²) in [5.74, 6) is 0. The van der Waals surface area contributed by atoms with Crippen molar-refractivity contribution in [3.05, 3.63) is 12.8 Å². The number of hydroxylamine groups is 2. The Morgan fingerprint density at radius 2 is 2.50 bits per heavy atom. The minimum absolute atomic E-state index is 0.545. The molecule has 8 heavy (non-hydrogen) atoms. The predicted molar refractivity (Wildman–Crippen MR) is 30.9 cm³/mol. The van der Waals surface area contributed by atoms with Gasteiger partial charge in [0.25, 0.3) is 0 Å². The molecule has 0 aromatic carbocycles. The van der Waals surface area contributed by atoms with Gasteiger partial charge in [-0.3, -0.25) is 4.84 Å². The van der Waals surface area contributed by atoms with E-state index in [-0.39, 0.29) is 0 Å². The van der Waals surface area contributed by atoms with Crippen molar-refractivity contribution >= 4 is 0 Å². The van der Waals surface area contributed by atoms with E-state index in [0.29, 0.717) is 6.73 Å². The van der Waals surface area contributed by atoms with Crippen LogP contribution < -0.4 is 5.32 Å². The maximum atomic E-state index is 5.04. The standard InChI is InChI=1S/C5H10N2O/c1-2-6-5-8-7-3-4-7/h2,6H,1,3-5H2. The van der Waals surface area contributed by atoms with Crippen molar-refractivity contribution < 1.29 is 4.84 Å². The van der Waals surface area contributed by atoms with Crippen molar-refractivity contribution in [1.82, 2.24) is 10.4 Å². The van der Waals surface area contributed by atoms with Gasteiger partial charge in [-0.25, -0.2) is 0 Å². The topological polar surface area (TPSA) is 24.3 Å². The molecule has 0 aromatic heterocycles. The lowest BCUT2D eigenvalue weighted by atomic mass is 11.0. The normalized spacial score (nSPS) is 18.0. The van der Waals surface area contributed by atoms with Gasteiger partial charge in [0.05, 0.1) is 0 Å². The third-order valence-electron chi connectivity index (χ3n) is 0.881. The van der Waals surface area contributed by atoms with Crippen molar-refractivity contribution in [3.63, 3.8) is 0 Å². The number of nitrogens with one attached hydrogen (secondary N) is 1. The summed E-state index contributed by atoms with van der Waals surface area (Å²) >= 11 is 0. The molecule has 0 bridgehead atoms. The van der Waals surface area contributed by atoms with Crippen LogP contribution in [-0.4, -0.2) is 24.9 Å². The third kappa shape index (κ3) is 1.95. The first-order valence-corrected chi connectivity index (χ1v) is 2.65. The Bertz CT molecular complexity index is 80.5. The lowest BCUT2D eigenvalue weighted by molar-refractivity contribution is -0.0689. The third-order valence-corrected chi connectivity index (χ3v) is 0.881. The van der Waals surface area contributed by atoms with Crippen LogP contribution in [0.3, 0.4) is 0 Å². The van der Waals surface area contributed by atoms with Gasteiger partial charge in [0, 0.05) is 13.1 Å². The molecular formula is C5H10N2O. The Balaban J connectivity index is 1.80. The summed E-state index contributed by atoms with van der Waals surface area (Å²) in [7, 11) is 0. The van der Waals surface area contributed by atoms with E-state index in [9.17, 15) is 0 Å². The van der Waals surface area contributed by atoms with E-state index < -0.39 is 0 Å². The Kier molecular flexibility index (Phi) is 1.88. The van der Waals surface area contributed by atoms with Crippen molar-refractivity contribution in [3.8, 4) is 0 Å². The van der Waals surface area contributed by atoms with Gasteiger partial charge in [-0.2, -0.15) is 5.06 Å². The van der Waals surface area contributed by atoms with Crippen LogP contribution in [0.2, 0.25) is 0 Å². The van der Waals surface area contributed by atoms with Gasteiger partial charge in [-0.05, 0) is 6.20 Å². The second-order valence-electron chi connectivity index (χ2n) is 1.61. The molecule has 0 atom stereocenters. The van der Waals surface area contributed by atoms with Gasteiger partial charge in [0.15, 0.2) is 0 Å². The molecule has 1 aliphatic rings. The number of hydrogen-bond acceptors (Lipinski definition) is 3. The molecule has 46 valence electrons. The lowest BCUT2D eigenvalue weighted by Gasteiger charge is -1.99. The van der Waals surface area contributed by atoms with Crippen molar-refractivity contribution in [2.45, 2.75) is 0 Å². The van der Waals surface area contributed by atoms with Gasteiger partial charge < -0.3 is 5.32 Å². The van der Waals surface area contributed by atoms with E-state index >= 15 is 0 Å². The van der Waals surface area contributed by atoms with Crippen LogP contribution in [0.1, 0.15) is 0 Å². The molecule has 1 saturated heterocycles. The smallest absolute Gasteiger partial charge is 0.137 e. The summed E-state index contributed by atoms with van der Waals surface area (Å²) in [5.41, 5.74) is 0. The Hall–Kier alpha value is -0.540. The van der Waals surface area contributed by atoms with Crippen LogP contribution >= 0.6 is 0 Å². The van der Waals surface area contributed by atoms with Gasteiger partial charge in [-0.1, -0.05) is 6.58 Å². The molecule has 1 rings (SSSR count). The van der Waals surface area contributed by atoms with E-state index in [1.54, 1.807) is 6.20 Å². The minimum atomic E-state index is 0.545. The highest BCUT2D eigenvalue weighted by molar-refractivity contribution is 4.62. The fourth-order valence-corrected chi connectivity index (χ4v) is 0.357. The number of nitrogens with zero attached hydrogens (tertiary/aromatic N) is 1. The second kappa shape index (κ2) is 2.69. The zero-order valence-electron chi connectivity index (χ0n) is 4.76. The summed E-state index contributed by atoms with van der Waals surface area (Å²) in [6.45, 7) is 6.15. The largest absolute Gasteiger partial charge is 0.368 e. The summed E-state index contributed by atoms with van der Waals surface area (Å²) in [6, 6.07) is 0. The quantitative estimate of drug-likeness (QED) is 0.314. The van der Waals surface area contributed by atoms with Crippen LogP contribution in [0.15, 0.2) is 12.8 Å². The van der Waals surface area contributed by atoms with Gasteiger partial charge in [0.1, 0.15) is 6.73 Å². The zero-order chi connectivity index (χ0) is 5.82. The highest BCUT2D eigenvalue weighted by Gasteiger charge is 2.16. The van der Waals surface area contributed by atoms with Gasteiger partial charge in [-0.15, -0.1) is 0 Å². The molecule has 3 heteroatoms. The highest BCUT2D eigenvalue weighted by atomic mass is 16.7. The fourth-order valence-electron chi connectivity index (χ4n) is 0.357. The van der Waals surface area contributed by atoms with Gasteiger partial charge >= 0.3 is 0 Å². The first kappa shape index (κ1) is 5.59. The van der Waals surface area contributed by atoms with Gasteiger partial charge in [0.2, 0.25) is 0 Å². The monoisotopic (exact) mass is 114 g/mol. The summed E-state index contributed by atoms with van der Waals surface area (Å²) < 4.78 is 0. The molecule has 0 aromatic rings. The first-order chi connectivity index (χ1) is 3.93. The van der Waals surface area contributed by atoms with Crippen LogP contribution in [0, 0.1) is 0 Å². The van der Waals surface area contributed by atoms with Crippen LogP contribution in [0.5, 0.6) is 0 Å². The van der Waals surface area contributed by atoms with Crippen molar-refractivity contribution in [1.29, 1.82) is 0 Å². The Morgan fingerprint density at radius 3 is 3.00 bits per heavy atom. The van der Waals surface area contributed by atoms with E-state index in [2.05, 4.69) is 11.9 Å². The Morgan fingerprint density at radius 1 is 1.75 bits per heavy atom. The fraction of sp³-hybridized carbons (Fsp3) is 0.600. The molecule has 0 spiro atoms. The number of rotatable bonds is 4. The van der Waals surface area contributed by atoms with Crippen LogP contribution in [0.25, 0.3) is 0 Å². The molecular weight excluding hydrogens is 104 g/mol. The summed E-state index contributed by atoms with van der Waals surface area (Å²) in [6.07, 6.45) is 1.61. The lowest BCUT2D eigenvalue weighted by Crippen LogP contribution is -2.13. The molecule has 0 amide bonds. The predicted octanol–water partition coefficient (Wildman–Crippen LogP) is -0.0758. The Labute approximate surface area is 48.9 Å². The average Bonchev–Trinajstić information content (AvgIpc) is 2.51. The maximum absolute atomic E-state index is 5.04. The van der Waals surface area contributed by atoms with E-state index in [4.69, 9.17) is 4.84 Å². The average molecular weight is 114 g/mol. The molecule has 1 fully saturated rings. The maximum Gasteiger partial charge on any atom is 0.137 e. The second-order valence-corrected chi connectivity index (χ2v) is 1.61. The zero-order valence-corrected chi connectivity index (χ0v) is 4.76. The summed E-state index contributed by atoms with van der Waals surface area (Å²) in [4.78, 5) is 5.04. The van der Waals surface area contributed by atoms with Crippen LogP contribution in [-0.2, 0) is 4.84 Å². The molecule has 1 N–H and O–H groups in total. The van der Waals surface area contributed by atoms with Crippen molar-refractivity contribution in [2.75, 3.05) is 19.8 Å². The molecule has 1 heterocycles. The molecule has 3 nitrogen and oxygen atoms in total. The molecule has 0 unspecified atom stereocenters. The van der Waals surface area contributed by atoms with Crippen LogP contribution in [0.4, 0.5) is 0 Å². The van der Waals surface area contributed by atoms with E-state index in [1.165, 1.54) is 0 Å². The van der Waals surface area contributed by atoms with E-state index in [0.717, 1.165) is 13.1 Å². The molecule has 1 aliphatic heterocycles. The molecule has 0 radical (unpaired) electrons. The number of hydrogen-bond donors (Lipinski definition) is 1. The van der Waals surface area contributed by atoms with E-state index in [1.807, 2.05) is 5.06 Å². The molecule has 0 aliphatic carbocycles. The SMILES string of the molecule is C=CNCON1CC1. The molecule has 0 saturated carbocycles.